The molecule has 3 aromatic rings. The number of carbonyl (C=O) groups is 1. The molecule has 3 rings (SSSR count). The van der Waals surface area contributed by atoms with Gasteiger partial charge < -0.3 is 16.4 Å². The highest BCUT2D eigenvalue weighted by atomic mass is 35.5. The van der Waals surface area contributed by atoms with E-state index >= 15 is 0 Å². The fraction of sp³-hybridized carbons (Fsp3) is 0.100. The third-order valence-electron chi connectivity index (χ3n) is 3.91. The van der Waals surface area contributed by atoms with Crippen LogP contribution in [0.1, 0.15) is 15.9 Å². The van der Waals surface area contributed by atoms with E-state index in [4.69, 9.17) is 17.3 Å². The number of hydrogen-bond donors (Lipinski definition) is 3. The molecule has 1 aromatic heterocycles. The van der Waals surface area contributed by atoms with E-state index in [1.54, 1.807) is 30.5 Å². The van der Waals surface area contributed by atoms with Gasteiger partial charge in [0.05, 0.1) is 22.1 Å². The number of benzene rings is 2. The van der Waals surface area contributed by atoms with Crippen LogP contribution in [0.15, 0.2) is 60.8 Å². The highest BCUT2D eigenvalue weighted by Crippen LogP contribution is 2.27. The van der Waals surface area contributed by atoms with Crippen molar-refractivity contribution in [1.29, 1.82) is 0 Å². The maximum absolute atomic E-state index is 12.4. The van der Waals surface area contributed by atoms with Crippen molar-refractivity contribution in [2.24, 2.45) is 0 Å². The molecule has 0 bridgehead atoms. The van der Waals surface area contributed by atoms with E-state index < -0.39 is 0 Å². The van der Waals surface area contributed by atoms with Crippen LogP contribution in [0.25, 0.3) is 11.3 Å². The standard InChI is InChI=1S/C20H19ClN4O/c1-23-11-13-10-16(21)19(24-12-13)14-6-8-15(9-7-14)20(26)25-18-5-3-2-4-17(18)22/h2-10,12,23H,11,22H2,1H3,(H,25,26). The number of nitrogens with two attached hydrogens (primary N) is 1. The molecule has 0 spiro atoms. The second kappa shape index (κ2) is 7.99. The molecule has 1 heterocycles. The molecule has 0 unspecified atom stereocenters. The van der Waals surface area contributed by atoms with E-state index in [0.29, 0.717) is 34.2 Å². The zero-order chi connectivity index (χ0) is 18.5. The van der Waals surface area contributed by atoms with Crippen LogP contribution in [0.3, 0.4) is 0 Å². The second-order valence-corrected chi connectivity index (χ2v) is 6.23. The number of carbonyl (C=O) groups excluding carboxylic acids is 1. The molecule has 2 aromatic carbocycles. The summed E-state index contributed by atoms with van der Waals surface area (Å²) in [7, 11) is 1.87. The van der Waals surface area contributed by atoms with Crippen molar-refractivity contribution in [2.75, 3.05) is 18.1 Å². The van der Waals surface area contributed by atoms with Crippen molar-refractivity contribution in [3.05, 3.63) is 76.9 Å². The summed E-state index contributed by atoms with van der Waals surface area (Å²) in [6.07, 6.45) is 1.79. The van der Waals surface area contributed by atoms with Gasteiger partial charge in [-0.05, 0) is 42.9 Å². The number of nitrogen functional groups attached to an aromatic ring is 1. The lowest BCUT2D eigenvalue weighted by molar-refractivity contribution is 0.102. The number of para-hydroxylation sites is 2. The number of aromatic nitrogens is 1. The molecule has 26 heavy (non-hydrogen) atoms. The number of hydrogen-bond acceptors (Lipinski definition) is 4. The molecule has 0 saturated carbocycles. The van der Waals surface area contributed by atoms with Crippen LogP contribution in [-0.4, -0.2) is 17.9 Å². The average Bonchev–Trinajstić information content (AvgIpc) is 2.64. The first-order valence-electron chi connectivity index (χ1n) is 8.14. The molecule has 0 aliphatic carbocycles. The highest BCUT2D eigenvalue weighted by Gasteiger charge is 2.10. The maximum atomic E-state index is 12.4. The zero-order valence-electron chi connectivity index (χ0n) is 14.3. The lowest BCUT2D eigenvalue weighted by Crippen LogP contribution is -2.13. The molecule has 132 valence electrons. The van der Waals surface area contributed by atoms with Gasteiger partial charge in [0.25, 0.3) is 5.91 Å². The first kappa shape index (κ1) is 17.9. The molecular weight excluding hydrogens is 348 g/mol. The van der Waals surface area contributed by atoms with Crippen molar-refractivity contribution in [1.82, 2.24) is 10.3 Å². The first-order chi connectivity index (χ1) is 12.6. The molecule has 1 amide bonds. The second-order valence-electron chi connectivity index (χ2n) is 5.82. The van der Waals surface area contributed by atoms with Crippen molar-refractivity contribution < 1.29 is 4.79 Å². The van der Waals surface area contributed by atoms with E-state index in [0.717, 1.165) is 11.1 Å². The Hall–Kier alpha value is -2.89. The molecule has 0 aliphatic heterocycles. The Bertz CT molecular complexity index is 925. The maximum Gasteiger partial charge on any atom is 0.255 e. The number of anilines is 2. The minimum Gasteiger partial charge on any atom is -0.397 e. The van der Waals surface area contributed by atoms with Gasteiger partial charge in [-0.2, -0.15) is 0 Å². The summed E-state index contributed by atoms with van der Waals surface area (Å²) in [4.78, 5) is 16.8. The summed E-state index contributed by atoms with van der Waals surface area (Å²) in [6, 6.07) is 16.2. The van der Waals surface area contributed by atoms with Crippen LogP contribution in [0.4, 0.5) is 11.4 Å². The van der Waals surface area contributed by atoms with E-state index in [2.05, 4.69) is 15.6 Å². The van der Waals surface area contributed by atoms with Gasteiger partial charge in [0.1, 0.15) is 0 Å². The summed E-state index contributed by atoms with van der Waals surface area (Å²) < 4.78 is 0. The summed E-state index contributed by atoms with van der Waals surface area (Å²) in [5, 5.41) is 6.44. The molecule has 0 saturated heterocycles. The Morgan fingerprint density at radius 3 is 2.54 bits per heavy atom. The molecule has 0 radical (unpaired) electrons. The molecular formula is C20H19ClN4O. The van der Waals surface area contributed by atoms with Crippen molar-refractivity contribution in [3.63, 3.8) is 0 Å². The molecule has 4 N–H and O–H groups in total. The van der Waals surface area contributed by atoms with E-state index in [9.17, 15) is 4.79 Å². The Labute approximate surface area is 157 Å². The number of rotatable bonds is 5. The largest absolute Gasteiger partial charge is 0.397 e. The number of nitrogens with one attached hydrogen (secondary N) is 2. The fourth-order valence-electron chi connectivity index (χ4n) is 2.58. The fourth-order valence-corrected chi connectivity index (χ4v) is 2.87. The zero-order valence-corrected chi connectivity index (χ0v) is 15.0. The summed E-state index contributed by atoms with van der Waals surface area (Å²) in [5.41, 5.74) is 10.0. The van der Waals surface area contributed by atoms with Gasteiger partial charge in [0.2, 0.25) is 0 Å². The van der Waals surface area contributed by atoms with Crippen LogP contribution in [0.2, 0.25) is 5.02 Å². The van der Waals surface area contributed by atoms with Crippen LogP contribution >= 0.6 is 11.6 Å². The van der Waals surface area contributed by atoms with Crippen molar-refractivity contribution in [2.45, 2.75) is 6.54 Å². The minimum absolute atomic E-state index is 0.224. The van der Waals surface area contributed by atoms with Gasteiger partial charge in [-0.1, -0.05) is 35.9 Å². The van der Waals surface area contributed by atoms with Crippen molar-refractivity contribution in [3.8, 4) is 11.3 Å². The van der Waals surface area contributed by atoms with E-state index in [1.165, 1.54) is 0 Å². The SMILES string of the molecule is CNCc1cnc(-c2ccc(C(=O)Nc3ccccc3N)cc2)c(Cl)c1. The van der Waals surface area contributed by atoms with Gasteiger partial charge in [0.15, 0.2) is 0 Å². The number of amides is 1. The monoisotopic (exact) mass is 366 g/mol. The molecule has 0 atom stereocenters. The number of nitrogens with zero attached hydrogens (tertiary/aromatic N) is 1. The Morgan fingerprint density at radius 2 is 1.88 bits per heavy atom. The lowest BCUT2D eigenvalue weighted by Gasteiger charge is -2.09. The quantitative estimate of drug-likeness (QED) is 0.597. The molecule has 6 heteroatoms. The van der Waals surface area contributed by atoms with Crippen LogP contribution in [0, 0.1) is 0 Å². The normalized spacial score (nSPS) is 10.5. The van der Waals surface area contributed by atoms with Crippen LogP contribution in [-0.2, 0) is 6.54 Å². The van der Waals surface area contributed by atoms with Gasteiger partial charge >= 0.3 is 0 Å². The van der Waals surface area contributed by atoms with Gasteiger partial charge in [0, 0.05) is 23.9 Å². The predicted octanol–water partition coefficient (Wildman–Crippen LogP) is 3.96. The Morgan fingerprint density at radius 1 is 1.15 bits per heavy atom. The molecule has 0 fully saturated rings. The summed E-state index contributed by atoms with van der Waals surface area (Å²) in [6.45, 7) is 0.703. The Balaban J connectivity index is 1.78. The highest BCUT2D eigenvalue weighted by molar-refractivity contribution is 6.33. The molecule has 0 aliphatic rings. The number of pyridine rings is 1. The van der Waals surface area contributed by atoms with Gasteiger partial charge in [-0.15, -0.1) is 0 Å². The van der Waals surface area contributed by atoms with Crippen LogP contribution < -0.4 is 16.4 Å². The molecule has 5 nitrogen and oxygen atoms in total. The summed E-state index contributed by atoms with van der Waals surface area (Å²) >= 11 is 6.34. The topological polar surface area (TPSA) is 80.0 Å². The van der Waals surface area contributed by atoms with Gasteiger partial charge in [-0.3, -0.25) is 9.78 Å². The lowest BCUT2D eigenvalue weighted by atomic mass is 10.1. The third kappa shape index (κ3) is 4.02. The van der Waals surface area contributed by atoms with Gasteiger partial charge in [-0.25, -0.2) is 0 Å². The van der Waals surface area contributed by atoms with Crippen LogP contribution in [0.5, 0.6) is 0 Å². The Kier molecular flexibility index (Phi) is 5.51. The average molecular weight is 367 g/mol. The van der Waals surface area contributed by atoms with E-state index in [-0.39, 0.29) is 5.91 Å². The number of halogens is 1. The summed E-state index contributed by atoms with van der Waals surface area (Å²) in [5.74, 6) is -0.224. The predicted molar refractivity (Wildman–Crippen MR) is 106 cm³/mol. The third-order valence-corrected chi connectivity index (χ3v) is 4.20. The first-order valence-corrected chi connectivity index (χ1v) is 8.51. The van der Waals surface area contributed by atoms with Crippen molar-refractivity contribution >= 4 is 28.9 Å². The van der Waals surface area contributed by atoms with E-state index in [1.807, 2.05) is 37.4 Å². The smallest absolute Gasteiger partial charge is 0.255 e. The minimum atomic E-state index is -0.224.